The largest absolute Gasteiger partial charge is 0.481 e. The summed E-state index contributed by atoms with van der Waals surface area (Å²) in [6, 6.07) is 6.16. The first-order valence-corrected chi connectivity index (χ1v) is 6.65. The molecule has 1 aromatic rings. The molecule has 0 aliphatic carbocycles. The number of carbonyl (C=O) groups is 2. The van der Waals surface area contributed by atoms with Crippen molar-refractivity contribution in [3.63, 3.8) is 0 Å². The molecule has 7 heteroatoms. The van der Waals surface area contributed by atoms with Crippen LogP contribution < -0.4 is 0 Å². The number of aliphatic imine (C=N–C) groups is 1. The minimum atomic E-state index is -1.31. The average Bonchev–Trinajstić information content (AvgIpc) is 2.37. The van der Waals surface area contributed by atoms with Crippen molar-refractivity contribution < 1.29 is 19.8 Å². The molecule has 0 saturated carbocycles. The first-order chi connectivity index (χ1) is 9.84. The number of hydrogen-bond acceptors (Lipinski definition) is 3. The van der Waals surface area contributed by atoms with Gasteiger partial charge in [0.1, 0.15) is 5.92 Å². The van der Waals surface area contributed by atoms with Gasteiger partial charge in [-0.15, -0.1) is 0 Å². The van der Waals surface area contributed by atoms with E-state index in [1.807, 2.05) is 6.07 Å². The van der Waals surface area contributed by atoms with E-state index < -0.39 is 24.0 Å². The molecule has 1 amide bonds. The number of carboxylic acid groups (broad SMARTS) is 2. The highest BCUT2D eigenvalue weighted by Gasteiger charge is 2.44. The minimum Gasteiger partial charge on any atom is -0.481 e. The van der Waals surface area contributed by atoms with Crippen molar-refractivity contribution in [3.05, 3.63) is 35.4 Å². The summed E-state index contributed by atoms with van der Waals surface area (Å²) < 4.78 is 0. The van der Waals surface area contributed by atoms with E-state index in [1.54, 1.807) is 32.0 Å². The predicted molar refractivity (Wildman–Crippen MR) is 80.6 cm³/mol. The molecule has 0 bridgehead atoms. The molecule has 2 rings (SSSR count). The van der Waals surface area contributed by atoms with Crippen LogP contribution in [-0.2, 0) is 4.79 Å². The number of benzene rings is 1. The normalized spacial score (nSPS) is 21.9. The Morgan fingerprint density at radius 1 is 1.24 bits per heavy atom. The summed E-state index contributed by atoms with van der Waals surface area (Å²) in [6.45, 7) is 3.36. The van der Waals surface area contributed by atoms with E-state index in [0.29, 0.717) is 11.3 Å². The number of aryl methyl sites for hydroxylation is 1. The Bertz CT molecular complexity index is 656. The Labute approximate surface area is 126 Å². The summed E-state index contributed by atoms with van der Waals surface area (Å²) in [5.41, 5.74) is 1.72. The van der Waals surface area contributed by atoms with Gasteiger partial charge in [0.05, 0.1) is 6.04 Å². The van der Waals surface area contributed by atoms with Crippen LogP contribution in [0, 0.1) is 12.8 Å². The van der Waals surface area contributed by atoms with Gasteiger partial charge in [-0.1, -0.05) is 24.3 Å². The molecule has 1 aliphatic heterocycles. The molecule has 0 fully saturated rings. The van der Waals surface area contributed by atoms with E-state index in [9.17, 15) is 19.8 Å². The van der Waals surface area contributed by atoms with Crippen molar-refractivity contribution in [1.29, 1.82) is 0 Å². The van der Waals surface area contributed by atoms with Gasteiger partial charge in [0.25, 0.3) is 0 Å². The van der Waals surface area contributed by atoms with Crippen LogP contribution in [0.5, 0.6) is 0 Å². The van der Waals surface area contributed by atoms with Crippen LogP contribution in [0.2, 0.25) is 0 Å². The Morgan fingerprint density at radius 2 is 1.86 bits per heavy atom. The number of hydrogen-bond donors (Lipinski definition) is 2. The van der Waals surface area contributed by atoms with Crippen LogP contribution in [0.1, 0.15) is 24.1 Å². The topological polar surface area (TPSA) is 90.2 Å². The molecule has 0 saturated heterocycles. The van der Waals surface area contributed by atoms with Crippen LogP contribution >= 0.6 is 12.2 Å². The molecular formula is C14H14N2O4S. The molecule has 110 valence electrons. The van der Waals surface area contributed by atoms with Gasteiger partial charge in [-0.05, 0) is 37.2 Å². The molecular weight excluding hydrogens is 292 g/mol. The maximum atomic E-state index is 11.6. The highest BCUT2D eigenvalue weighted by atomic mass is 32.1. The zero-order chi connectivity index (χ0) is 15.7. The lowest BCUT2D eigenvalue weighted by Gasteiger charge is -2.36. The Balaban J connectivity index is 2.67. The third-order valence-electron chi connectivity index (χ3n) is 3.50. The lowest BCUT2D eigenvalue weighted by molar-refractivity contribution is -0.140. The first-order valence-electron chi connectivity index (χ1n) is 6.24. The van der Waals surface area contributed by atoms with Crippen molar-refractivity contribution in [1.82, 2.24) is 4.90 Å². The van der Waals surface area contributed by atoms with Crippen LogP contribution in [0.3, 0.4) is 0 Å². The highest BCUT2D eigenvalue weighted by Crippen LogP contribution is 2.35. The smallest absolute Gasteiger partial charge is 0.414 e. The number of rotatable bonds is 2. The van der Waals surface area contributed by atoms with Gasteiger partial charge < -0.3 is 10.2 Å². The molecule has 0 radical (unpaired) electrons. The Morgan fingerprint density at radius 3 is 2.38 bits per heavy atom. The van der Waals surface area contributed by atoms with E-state index in [1.165, 1.54) is 0 Å². The summed E-state index contributed by atoms with van der Waals surface area (Å²) in [7, 11) is 0. The van der Waals surface area contributed by atoms with Crippen LogP contribution in [0.4, 0.5) is 4.79 Å². The summed E-state index contributed by atoms with van der Waals surface area (Å²) in [6.07, 6.45) is -1.31. The number of nitrogens with zero attached hydrogens (tertiary/aromatic N) is 2. The molecule has 2 unspecified atom stereocenters. The summed E-state index contributed by atoms with van der Waals surface area (Å²) in [4.78, 5) is 27.9. The lowest BCUT2D eigenvalue weighted by atomic mass is 9.85. The number of amides is 1. The van der Waals surface area contributed by atoms with Crippen LogP contribution in [0.15, 0.2) is 29.3 Å². The monoisotopic (exact) mass is 306 g/mol. The van der Waals surface area contributed by atoms with Gasteiger partial charge in [-0.25, -0.2) is 14.7 Å². The quantitative estimate of drug-likeness (QED) is 0.819. The highest BCUT2D eigenvalue weighted by molar-refractivity contribution is 7.80. The molecule has 1 heterocycles. The second-order valence-electron chi connectivity index (χ2n) is 4.81. The Kier molecular flexibility index (Phi) is 4.04. The number of aliphatic carboxylic acids is 1. The zero-order valence-corrected chi connectivity index (χ0v) is 12.3. The van der Waals surface area contributed by atoms with E-state index >= 15 is 0 Å². The second kappa shape index (κ2) is 5.61. The lowest BCUT2D eigenvalue weighted by Crippen LogP contribution is -2.49. The van der Waals surface area contributed by atoms with Crippen molar-refractivity contribution >= 4 is 35.1 Å². The van der Waals surface area contributed by atoms with Gasteiger partial charge >= 0.3 is 12.1 Å². The summed E-state index contributed by atoms with van der Waals surface area (Å²) in [5.74, 6) is -2.19. The number of thiocarbonyl (C=S) groups is 1. The Hall–Kier alpha value is -2.28. The van der Waals surface area contributed by atoms with Crippen molar-refractivity contribution in [2.24, 2.45) is 10.9 Å². The van der Waals surface area contributed by atoms with Gasteiger partial charge in [0.2, 0.25) is 5.11 Å². The zero-order valence-electron chi connectivity index (χ0n) is 11.5. The molecule has 21 heavy (non-hydrogen) atoms. The fraction of sp³-hybridized carbons (Fsp3) is 0.286. The van der Waals surface area contributed by atoms with Crippen LogP contribution in [-0.4, -0.2) is 38.0 Å². The molecule has 6 nitrogen and oxygen atoms in total. The molecule has 1 aromatic carbocycles. The van der Waals surface area contributed by atoms with E-state index in [4.69, 9.17) is 12.2 Å². The summed E-state index contributed by atoms with van der Waals surface area (Å²) in [5, 5.41) is 18.7. The molecule has 2 atom stereocenters. The third-order valence-corrected chi connectivity index (χ3v) is 3.79. The molecule has 2 N–H and O–H groups in total. The maximum absolute atomic E-state index is 11.6. The number of carboxylic acids is 1. The maximum Gasteiger partial charge on any atom is 0.414 e. The third kappa shape index (κ3) is 2.64. The second-order valence-corrected chi connectivity index (χ2v) is 5.17. The van der Waals surface area contributed by atoms with E-state index in [2.05, 4.69) is 4.99 Å². The van der Waals surface area contributed by atoms with Gasteiger partial charge in [-0.3, -0.25) is 4.79 Å². The molecule has 0 aromatic heterocycles. The van der Waals surface area contributed by atoms with Gasteiger partial charge in [0.15, 0.2) is 0 Å². The average molecular weight is 306 g/mol. The minimum absolute atomic E-state index is 0.134. The van der Waals surface area contributed by atoms with Gasteiger partial charge in [-0.2, -0.15) is 0 Å². The predicted octanol–water partition coefficient (Wildman–Crippen LogP) is 2.48. The standard InChI is InChI=1S/C14H14N2O4S/c1-7-5-3-4-6-9(7)11-10(12(17)18)8(2)15-13(21)16(11)14(19)20/h3-6,10-11H,1-2H3,(H,17,18)(H,19,20). The van der Waals surface area contributed by atoms with Gasteiger partial charge in [0, 0.05) is 5.71 Å². The fourth-order valence-electron chi connectivity index (χ4n) is 2.52. The SMILES string of the molecule is CC1=NC(=S)N(C(=O)O)C(c2ccccc2C)C1C(=O)O. The van der Waals surface area contributed by atoms with Crippen molar-refractivity contribution in [3.8, 4) is 0 Å². The van der Waals surface area contributed by atoms with Crippen molar-refractivity contribution in [2.45, 2.75) is 19.9 Å². The van der Waals surface area contributed by atoms with Crippen molar-refractivity contribution in [2.75, 3.05) is 0 Å². The molecule has 1 aliphatic rings. The van der Waals surface area contributed by atoms with E-state index in [-0.39, 0.29) is 5.11 Å². The fourth-order valence-corrected chi connectivity index (χ4v) is 2.86. The first kappa shape index (κ1) is 15.1. The molecule has 0 spiro atoms. The summed E-state index contributed by atoms with van der Waals surface area (Å²) >= 11 is 5.00. The van der Waals surface area contributed by atoms with E-state index in [0.717, 1.165) is 10.5 Å². The van der Waals surface area contributed by atoms with Crippen LogP contribution in [0.25, 0.3) is 0 Å².